The highest BCUT2D eigenvalue weighted by Gasteiger charge is 1.97. The number of nitrogens with zero attached hydrogens (tertiary/aromatic N) is 2. The van der Waals surface area contributed by atoms with Gasteiger partial charge in [0.15, 0.2) is 0 Å². The first-order valence-electron chi connectivity index (χ1n) is 3.02. The Balaban J connectivity index is 2.89. The van der Waals surface area contributed by atoms with Gasteiger partial charge in [0.1, 0.15) is 5.03 Å². The van der Waals surface area contributed by atoms with E-state index in [1.807, 2.05) is 13.0 Å². The number of aromatic nitrogens is 2. The molecule has 0 aliphatic carbocycles. The molecule has 0 radical (unpaired) electrons. The van der Waals surface area contributed by atoms with Crippen LogP contribution in [0.15, 0.2) is 11.1 Å². The summed E-state index contributed by atoms with van der Waals surface area (Å²) < 4.78 is 0. The van der Waals surface area contributed by atoms with Crippen LogP contribution >= 0.6 is 23.4 Å². The average molecular weight is 190 g/mol. The Morgan fingerprint density at radius 3 is 2.91 bits per heavy atom. The first kappa shape index (κ1) is 8.62. The summed E-state index contributed by atoms with van der Waals surface area (Å²) in [6, 6.07) is 1.85. The zero-order valence-corrected chi connectivity index (χ0v) is 7.61. The molecular formula is C6H8ClN3S. The van der Waals surface area contributed by atoms with Gasteiger partial charge in [0.05, 0.1) is 5.21 Å². The van der Waals surface area contributed by atoms with Gasteiger partial charge in [-0.3, -0.25) is 0 Å². The first-order chi connectivity index (χ1) is 5.22. The summed E-state index contributed by atoms with van der Waals surface area (Å²) in [5.74, 6) is 0.303. The molecule has 1 rings (SSSR count). The molecule has 0 saturated carbocycles. The summed E-state index contributed by atoms with van der Waals surface area (Å²) in [5.41, 5.74) is 6.28. The van der Waals surface area contributed by atoms with E-state index in [1.165, 1.54) is 11.8 Å². The molecule has 0 fully saturated rings. The van der Waals surface area contributed by atoms with Crippen LogP contribution in [0.2, 0.25) is 0 Å². The minimum Gasteiger partial charge on any atom is -0.368 e. The standard InChI is InChI=1S/C6H8ClN3S/c1-4-2-5(11-3-7)10-6(8)9-4/h2H,3H2,1H3,(H2,8,9,10). The van der Waals surface area contributed by atoms with Gasteiger partial charge in [0, 0.05) is 5.69 Å². The van der Waals surface area contributed by atoms with E-state index < -0.39 is 0 Å². The molecular weight excluding hydrogens is 182 g/mol. The molecule has 0 amide bonds. The lowest BCUT2D eigenvalue weighted by atomic mass is 10.5. The maximum Gasteiger partial charge on any atom is 0.221 e. The van der Waals surface area contributed by atoms with E-state index in [1.54, 1.807) is 0 Å². The number of alkyl halides is 1. The highest BCUT2D eigenvalue weighted by atomic mass is 35.5. The SMILES string of the molecule is Cc1cc(SCCl)nc(N)n1. The molecule has 1 aromatic heterocycles. The molecule has 0 saturated heterocycles. The Labute approximate surface area is 74.4 Å². The van der Waals surface area contributed by atoms with Crippen molar-refractivity contribution in [2.45, 2.75) is 11.9 Å². The summed E-state index contributed by atoms with van der Waals surface area (Å²) in [4.78, 5) is 7.90. The number of thioether (sulfide) groups is 1. The third-order valence-corrected chi connectivity index (χ3v) is 1.99. The van der Waals surface area contributed by atoms with Gasteiger partial charge in [-0.15, -0.1) is 11.6 Å². The highest BCUT2D eigenvalue weighted by Crippen LogP contribution is 2.17. The van der Waals surface area contributed by atoms with Crippen molar-refractivity contribution in [2.75, 3.05) is 10.9 Å². The van der Waals surface area contributed by atoms with E-state index in [0.717, 1.165) is 10.7 Å². The van der Waals surface area contributed by atoms with E-state index in [9.17, 15) is 0 Å². The number of nitrogen functional groups attached to an aromatic ring is 1. The van der Waals surface area contributed by atoms with Crippen LogP contribution in [0.1, 0.15) is 5.69 Å². The van der Waals surface area contributed by atoms with Crippen LogP contribution in [0.25, 0.3) is 0 Å². The molecule has 0 aliphatic heterocycles. The molecule has 0 atom stereocenters. The third kappa shape index (κ3) is 2.55. The Morgan fingerprint density at radius 1 is 1.64 bits per heavy atom. The minimum atomic E-state index is 0.303. The third-order valence-electron chi connectivity index (χ3n) is 1.05. The summed E-state index contributed by atoms with van der Waals surface area (Å²) in [5, 5.41) is 1.31. The normalized spacial score (nSPS) is 10.0. The quantitative estimate of drug-likeness (QED) is 0.437. The monoisotopic (exact) mass is 189 g/mol. The number of aryl methyl sites for hydroxylation is 1. The minimum absolute atomic E-state index is 0.303. The summed E-state index contributed by atoms with van der Waals surface area (Å²) in [6.07, 6.45) is 0. The van der Waals surface area contributed by atoms with Gasteiger partial charge in [0.25, 0.3) is 0 Å². The van der Waals surface area contributed by atoms with Crippen LogP contribution in [0, 0.1) is 6.92 Å². The van der Waals surface area contributed by atoms with E-state index in [-0.39, 0.29) is 0 Å². The van der Waals surface area contributed by atoms with Gasteiger partial charge in [-0.05, 0) is 13.0 Å². The first-order valence-corrected chi connectivity index (χ1v) is 4.54. The molecule has 1 heterocycles. The van der Waals surface area contributed by atoms with E-state index in [4.69, 9.17) is 17.3 Å². The molecule has 2 N–H and O–H groups in total. The number of nitrogens with two attached hydrogens (primary N) is 1. The smallest absolute Gasteiger partial charge is 0.221 e. The van der Waals surface area contributed by atoms with Crippen LogP contribution in [-0.2, 0) is 0 Å². The number of hydrogen-bond acceptors (Lipinski definition) is 4. The molecule has 5 heteroatoms. The summed E-state index contributed by atoms with van der Waals surface area (Å²) in [6.45, 7) is 1.87. The molecule has 0 aromatic carbocycles. The lowest BCUT2D eigenvalue weighted by Gasteiger charge is -1.98. The fraction of sp³-hybridized carbons (Fsp3) is 0.333. The van der Waals surface area contributed by atoms with E-state index >= 15 is 0 Å². The van der Waals surface area contributed by atoms with Crippen molar-refractivity contribution in [3.05, 3.63) is 11.8 Å². The summed E-state index contributed by atoms with van der Waals surface area (Å²) in [7, 11) is 0. The second-order valence-electron chi connectivity index (χ2n) is 1.96. The molecule has 11 heavy (non-hydrogen) atoms. The zero-order chi connectivity index (χ0) is 8.27. The Kier molecular flexibility index (Phi) is 2.96. The molecule has 0 unspecified atom stereocenters. The molecule has 60 valence electrons. The number of halogens is 1. The Hall–Kier alpha value is -0.480. The Morgan fingerprint density at radius 2 is 2.36 bits per heavy atom. The number of anilines is 1. The highest BCUT2D eigenvalue weighted by molar-refractivity contribution is 8.00. The van der Waals surface area contributed by atoms with Crippen LogP contribution in [0.5, 0.6) is 0 Å². The van der Waals surface area contributed by atoms with Gasteiger partial charge in [-0.2, -0.15) is 0 Å². The molecule has 0 bridgehead atoms. The Bertz CT molecular complexity index is 233. The van der Waals surface area contributed by atoms with E-state index in [0.29, 0.717) is 11.2 Å². The number of rotatable bonds is 2. The van der Waals surface area contributed by atoms with Crippen molar-refractivity contribution < 1.29 is 0 Å². The van der Waals surface area contributed by atoms with Crippen molar-refractivity contribution in [3.63, 3.8) is 0 Å². The molecule has 1 aromatic rings. The largest absolute Gasteiger partial charge is 0.368 e. The number of hydrogen-bond donors (Lipinski definition) is 1. The van der Waals surface area contributed by atoms with Crippen molar-refractivity contribution in [2.24, 2.45) is 0 Å². The van der Waals surface area contributed by atoms with Gasteiger partial charge in [-0.1, -0.05) is 11.8 Å². The van der Waals surface area contributed by atoms with Gasteiger partial charge >= 0.3 is 0 Å². The van der Waals surface area contributed by atoms with Crippen LogP contribution in [0.4, 0.5) is 5.95 Å². The molecule has 0 spiro atoms. The second kappa shape index (κ2) is 3.78. The maximum absolute atomic E-state index is 5.50. The van der Waals surface area contributed by atoms with Crippen LogP contribution in [0.3, 0.4) is 0 Å². The fourth-order valence-corrected chi connectivity index (χ4v) is 1.55. The average Bonchev–Trinajstić information content (AvgIpc) is 1.85. The topological polar surface area (TPSA) is 51.8 Å². The van der Waals surface area contributed by atoms with Crippen molar-refractivity contribution >= 4 is 29.3 Å². The summed E-state index contributed by atoms with van der Waals surface area (Å²) >= 11 is 6.94. The van der Waals surface area contributed by atoms with Crippen molar-refractivity contribution in [1.82, 2.24) is 9.97 Å². The fourth-order valence-electron chi connectivity index (χ4n) is 0.692. The lowest BCUT2D eigenvalue weighted by molar-refractivity contribution is 1.03. The van der Waals surface area contributed by atoms with E-state index in [2.05, 4.69) is 9.97 Å². The van der Waals surface area contributed by atoms with Crippen molar-refractivity contribution in [3.8, 4) is 0 Å². The molecule has 3 nitrogen and oxygen atoms in total. The van der Waals surface area contributed by atoms with Crippen molar-refractivity contribution in [1.29, 1.82) is 0 Å². The van der Waals surface area contributed by atoms with Crippen LogP contribution < -0.4 is 5.73 Å². The van der Waals surface area contributed by atoms with Gasteiger partial charge < -0.3 is 5.73 Å². The molecule has 0 aliphatic rings. The van der Waals surface area contributed by atoms with Gasteiger partial charge in [-0.25, -0.2) is 9.97 Å². The van der Waals surface area contributed by atoms with Gasteiger partial charge in [0.2, 0.25) is 5.95 Å². The van der Waals surface area contributed by atoms with Crippen LogP contribution in [-0.4, -0.2) is 15.2 Å². The second-order valence-corrected chi connectivity index (χ2v) is 3.54. The maximum atomic E-state index is 5.50. The predicted molar refractivity (Wildman–Crippen MR) is 47.8 cm³/mol. The predicted octanol–water partition coefficient (Wildman–Crippen LogP) is 1.66. The lowest BCUT2D eigenvalue weighted by Crippen LogP contribution is -1.97. The zero-order valence-electron chi connectivity index (χ0n) is 6.04.